The second kappa shape index (κ2) is 8.03. The molecule has 0 saturated carbocycles. The molecule has 0 saturated heterocycles. The molecular weight excluding hydrogens is 402 g/mol. The fourth-order valence-corrected chi connectivity index (χ4v) is 3.99. The van der Waals surface area contributed by atoms with Gasteiger partial charge in [-0.1, -0.05) is 48.5 Å². The predicted molar refractivity (Wildman–Crippen MR) is 111 cm³/mol. The first-order valence-electron chi connectivity index (χ1n) is 9.00. The third kappa shape index (κ3) is 4.10. The number of halogens is 1. The Kier molecular flexibility index (Phi) is 5.32. The number of nitrogens with zero attached hydrogens (tertiary/aromatic N) is 1. The lowest BCUT2D eigenvalue weighted by Crippen LogP contribution is -2.32. The lowest BCUT2D eigenvalue weighted by atomic mass is 9.94. The highest BCUT2D eigenvalue weighted by atomic mass is 79.9. The standard InChI is InChI=1S/C22H20BrN3O/c23-17-11-18(13-24-12-17)26-21(27)14-25-22-19-7-3-1-5-15(19)9-10-16-6-2-4-8-20(16)22/h1-8,11-13,22,25H,9-10,14H2,(H,26,27). The van der Waals surface area contributed by atoms with Gasteiger partial charge in [0.15, 0.2) is 0 Å². The van der Waals surface area contributed by atoms with Crippen molar-refractivity contribution in [2.45, 2.75) is 18.9 Å². The highest BCUT2D eigenvalue weighted by Crippen LogP contribution is 2.32. The molecule has 1 heterocycles. The maximum Gasteiger partial charge on any atom is 0.238 e. The van der Waals surface area contributed by atoms with Crippen molar-refractivity contribution < 1.29 is 4.79 Å². The number of hydrogen-bond acceptors (Lipinski definition) is 3. The summed E-state index contributed by atoms with van der Waals surface area (Å²) in [6, 6.07) is 18.8. The van der Waals surface area contributed by atoms with Gasteiger partial charge in [-0.15, -0.1) is 0 Å². The molecule has 0 fully saturated rings. The molecule has 0 aliphatic heterocycles. The van der Waals surface area contributed by atoms with Gasteiger partial charge in [-0.25, -0.2) is 0 Å². The third-order valence-electron chi connectivity index (χ3n) is 4.85. The smallest absolute Gasteiger partial charge is 0.238 e. The number of aryl methyl sites for hydroxylation is 2. The summed E-state index contributed by atoms with van der Waals surface area (Å²) in [5.74, 6) is -0.0888. The van der Waals surface area contributed by atoms with E-state index in [-0.39, 0.29) is 18.5 Å². The second-order valence-electron chi connectivity index (χ2n) is 6.65. The van der Waals surface area contributed by atoms with E-state index in [1.54, 1.807) is 12.4 Å². The van der Waals surface area contributed by atoms with Gasteiger partial charge in [0, 0.05) is 10.7 Å². The SMILES string of the molecule is O=C(CNC1c2ccccc2CCc2ccccc21)Nc1cncc(Br)c1. The van der Waals surface area contributed by atoms with Gasteiger partial charge in [-0.2, -0.15) is 0 Å². The summed E-state index contributed by atoms with van der Waals surface area (Å²) in [6.07, 6.45) is 5.36. The van der Waals surface area contributed by atoms with E-state index in [4.69, 9.17) is 0 Å². The van der Waals surface area contributed by atoms with Crippen LogP contribution in [0.3, 0.4) is 0 Å². The van der Waals surface area contributed by atoms with E-state index in [9.17, 15) is 4.79 Å². The van der Waals surface area contributed by atoms with Gasteiger partial charge in [0.25, 0.3) is 0 Å². The minimum Gasteiger partial charge on any atom is -0.324 e. The summed E-state index contributed by atoms with van der Waals surface area (Å²) < 4.78 is 0.833. The van der Waals surface area contributed by atoms with Crippen molar-refractivity contribution in [3.8, 4) is 0 Å². The van der Waals surface area contributed by atoms with Gasteiger partial charge < -0.3 is 5.32 Å². The number of amides is 1. The summed E-state index contributed by atoms with van der Waals surface area (Å²) >= 11 is 3.37. The number of nitrogens with one attached hydrogen (secondary N) is 2. The van der Waals surface area contributed by atoms with Gasteiger partial charge in [-0.3, -0.25) is 15.1 Å². The Bertz CT molecular complexity index is 926. The number of rotatable bonds is 4. The van der Waals surface area contributed by atoms with E-state index < -0.39 is 0 Å². The number of benzene rings is 2. The van der Waals surface area contributed by atoms with Crippen molar-refractivity contribution >= 4 is 27.5 Å². The average molecular weight is 422 g/mol. The van der Waals surface area contributed by atoms with Crippen LogP contribution in [0, 0.1) is 0 Å². The summed E-state index contributed by atoms with van der Waals surface area (Å²) in [5, 5.41) is 6.36. The largest absolute Gasteiger partial charge is 0.324 e. The van der Waals surface area contributed by atoms with E-state index in [1.807, 2.05) is 6.07 Å². The van der Waals surface area contributed by atoms with Crippen LogP contribution in [0.15, 0.2) is 71.5 Å². The third-order valence-corrected chi connectivity index (χ3v) is 5.28. The monoisotopic (exact) mass is 421 g/mol. The van der Waals surface area contributed by atoms with Crippen molar-refractivity contribution in [3.05, 3.63) is 93.7 Å². The first kappa shape index (κ1) is 17.9. The Hall–Kier alpha value is -2.50. The molecule has 1 aliphatic carbocycles. The molecule has 0 spiro atoms. The molecule has 1 aromatic heterocycles. The van der Waals surface area contributed by atoms with Gasteiger partial charge in [0.2, 0.25) is 5.91 Å². The molecule has 27 heavy (non-hydrogen) atoms. The molecule has 4 nitrogen and oxygen atoms in total. The molecule has 0 atom stereocenters. The van der Waals surface area contributed by atoms with E-state index in [2.05, 4.69) is 80.1 Å². The first-order valence-corrected chi connectivity index (χ1v) is 9.79. The lowest BCUT2D eigenvalue weighted by molar-refractivity contribution is -0.115. The van der Waals surface area contributed by atoms with Crippen molar-refractivity contribution in [3.63, 3.8) is 0 Å². The molecule has 2 aromatic carbocycles. The van der Waals surface area contributed by atoms with Crippen LogP contribution >= 0.6 is 15.9 Å². The molecule has 1 amide bonds. The Morgan fingerprint density at radius 2 is 1.63 bits per heavy atom. The van der Waals surface area contributed by atoms with Crippen LogP contribution < -0.4 is 10.6 Å². The topological polar surface area (TPSA) is 54.0 Å². The first-order chi connectivity index (χ1) is 13.2. The minimum absolute atomic E-state index is 0.00582. The van der Waals surface area contributed by atoms with E-state index in [0.717, 1.165) is 17.3 Å². The summed E-state index contributed by atoms with van der Waals surface area (Å²) in [6.45, 7) is 0.222. The number of aromatic nitrogens is 1. The Labute approximate surface area is 167 Å². The molecule has 136 valence electrons. The zero-order valence-corrected chi connectivity index (χ0v) is 16.4. The predicted octanol–water partition coefficient (Wildman–Crippen LogP) is 4.26. The molecule has 0 unspecified atom stereocenters. The highest BCUT2D eigenvalue weighted by molar-refractivity contribution is 9.10. The number of carbonyl (C=O) groups excluding carboxylic acids is 1. The normalized spacial score (nSPS) is 13.4. The summed E-state index contributed by atoms with van der Waals surface area (Å²) in [5.41, 5.74) is 5.85. The quantitative estimate of drug-likeness (QED) is 0.661. The van der Waals surface area contributed by atoms with Gasteiger partial charge in [0.1, 0.15) is 0 Å². The maximum atomic E-state index is 12.5. The van der Waals surface area contributed by atoms with Crippen LogP contribution in [0.4, 0.5) is 5.69 Å². The number of pyridine rings is 1. The van der Waals surface area contributed by atoms with E-state index >= 15 is 0 Å². The fourth-order valence-electron chi connectivity index (χ4n) is 3.62. The number of anilines is 1. The van der Waals surface area contributed by atoms with Gasteiger partial charge in [0.05, 0.1) is 24.5 Å². The van der Waals surface area contributed by atoms with Crippen LogP contribution in [0.25, 0.3) is 0 Å². The zero-order chi connectivity index (χ0) is 18.6. The van der Waals surface area contributed by atoms with Crippen LogP contribution in [0.2, 0.25) is 0 Å². The van der Waals surface area contributed by atoms with Crippen LogP contribution in [0.5, 0.6) is 0 Å². The Morgan fingerprint density at radius 1 is 1.00 bits per heavy atom. The zero-order valence-electron chi connectivity index (χ0n) is 14.8. The number of fused-ring (bicyclic) bond motifs is 2. The molecular formula is C22H20BrN3O. The highest BCUT2D eigenvalue weighted by Gasteiger charge is 2.23. The average Bonchev–Trinajstić information content (AvgIpc) is 2.83. The van der Waals surface area contributed by atoms with Gasteiger partial charge in [-0.05, 0) is 57.1 Å². The van der Waals surface area contributed by atoms with E-state index in [0.29, 0.717) is 5.69 Å². The van der Waals surface area contributed by atoms with E-state index in [1.165, 1.54) is 22.3 Å². The Balaban J connectivity index is 1.55. The number of carbonyl (C=O) groups is 1. The lowest BCUT2D eigenvalue weighted by Gasteiger charge is -2.21. The second-order valence-corrected chi connectivity index (χ2v) is 7.57. The molecule has 1 aliphatic rings. The molecule has 3 aromatic rings. The number of hydrogen-bond donors (Lipinski definition) is 2. The fraction of sp³-hybridized carbons (Fsp3) is 0.182. The summed E-state index contributed by atoms with van der Waals surface area (Å²) in [7, 11) is 0. The molecule has 2 N–H and O–H groups in total. The molecule has 0 radical (unpaired) electrons. The van der Waals surface area contributed by atoms with Crippen molar-refractivity contribution in [1.82, 2.24) is 10.3 Å². The maximum absolute atomic E-state index is 12.5. The van der Waals surface area contributed by atoms with Crippen molar-refractivity contribution in [1.29, 1.82) is 0 Å². The summed E-state index contributed by atoms with van der Waals surface area (Å²) in [4.78, 5) is 16.5. The van der Waals surface area contributed by atoms with Crippen molar-refractivity contribution in [2.75, 3.05) is 11.9 Å². The Morgan fingerprint density at radius 3 is 2.26 bits per heavy atom. The molecule has 0 bridgehead atoms. The van der Waals surface area contributed by atoms with Crippen molar-refractivity contribution in [2.24, 2.45) is 0 Å². The molecule has 4 rings (SSSR count). The van der Waals surface area contributed by atoms with Crippen LogP contribution in [0.1, 0.15) is 28.3 Å². The minimum atomic E-state index is -0.0888. The van der Waals surface area contributed by atoms with Crippen LogP contribution in [-0.2, 0) is 17.6 Å². The molecule has 5 heteroatoms. The van der Waals surface area contributed by atoms with Gasteiger partial charge >= 0.3 is 0 Å². The van der Waals surface area contributed by atoms with Crippen LogP contribution in [-0.4, -0.2) is 17.4 Å².